The molecule has 0 radical (unpaired) electrons. The summed E-state index contributed by atoms with van der Waals surface area (Å²) < 4.78 is 25.2. The molecule has 0 aliphatic carbocycles. The first-order chi connectivity index (χ1) is 9.78. The molecule has 2 rings (SSSR count). The van der Waals surface area contributed by atoms with E-state index in [1.165, 1.54) is 7.11 Å². The molecule has 1 aliphatic rings. The smallest absolute Gasteiger partial charge is 0.337 e. The highest BCUT2D eigenvalue weighted by molar-refractivity contribution is 7.90. The lowest BCUT2D eigenvalue weighted by Crippen LogP contribution is -2.61. The van der Waals surface area contributed by atoms with Gasteiger partial charge in [-0.3, -0.25) is 0 Å². The van der Waals surface area contributed by atoms with Crippen LogP contribution in [0.2, 0.25) is 0 Å². The SMILES string of the molecule is COC(=O)c1ccc(C2(N[S+]([O-])C(C)(C)C)COC2)cc1. The Hall–Kier alpha value is -1.08. The van der Waals surface area contributed by atoms with Crippen LogP contribution in [-0.2, 0) is 26.4 Å². The van der Waals surface area contributed by atoms with Crippen molar-refractivity contribution in [3.05, 3.63) is 35.4 Å². The average molecular weight is 311 g/mol. The van der Waals surface area contributed by atoms with Gasteiger partial charge in [0.25, 0.3) is 0 Å². The Balaban J connectivity index is 2.19. The minimum Gasteiger partial charge on any atom is -0.598 e. The Kier molecular flexibility index (Phi) is 4.63. The van der Waals surface area contributed by atoms with E-state index in [4.69, 9.17) is 4.74 Å². The van der Waals surface area contributed by atoms with Crippen LogP contribution in [0, 0.1) is 0 Å². The number of esters is 1. The molecule has 0 saturated carbocycles. The van der Waals surface area contributed by atoms with Crippen LogP contribution in [0.25, 0.3) is 0 Å². The number of nitrogens with one attached hydrogen (secondary N) is 1. The second-order valence-electron chi connectivity index (χ2n) is 6.13. The molecular weight excluding hydrogens is 290 g/mol. The summed E-state index contributed by atoms with van der Waals surface area (Å²) in [5.74, 6) is -0.369. The fourth-order valence-electron chi connectivity index (χ4n) is 1.96. The van der Waals surface area contributed by atoms with Gasteiger partial charge in [0, 0.05) is 11.4 Å². The van der Waals surface area contributed by atoms with Crippen molar-refractivity contribution in [3.63, 3.8) is 0 Å². The maximum absolute atomic E-state index is 12.3. The van der Waals surface area contributed by atoms with Crippen LogP contribution in [0.1, 0.15) is 36.7 Å². The van der Waals surface area contributed by atoms with Crippen LogP contribution in [0.5, 0.6) is 0 Å². The van der Waals surface area contributed by atoms with Crippen LogP contribution in [0.3, 0.4) is 0 Å². The molecule has 1 aromatic carbocycles. The monoisotopic (exact) mass is 311 g/mol. The molecule has 1 N–H and O–H groups in total. The predicted octanol–water partition coefficient (Wildman–Crippen LogP) is 1.75. The fourth-order valence-corrected chi connectivity index (χ4v) is 2.86. The van der Waals surface area contributed by atoms with Gasteiger partial charge in [-0.2, -0.15) is 0 Å². The number of rotatable bonds is 4. The van der Waals surface area contributed by atoms with E-state index in [9.17, 15) is 9.35 Å². The second kappa shape index (κ2) is 5.96. The van der Waals surface area contributed by atoms with Gasteiger partial charge in [0.05, 0.1) is 25.9 Å². The highest BCUT2D eigenvalue weighted by Crippen LogP contribution is 2.32. The number of benzene rings is 1. The lowest BCUT2D eigenvalue weighted by atomic mass is 9.89. The van der Waals surface area contributed by atoms with Gasteiger partial charge in [-0.15, -0.1) is 4.72 Å². The third-order valence-electron chi connectivity index (χ3n) is 3.40. The summed E-state index contributed by atoms with van der Waals surface area (Å²) in [6.45, 7) is 6.69. The van der Waals surface area contributed by atoms with Gasteiger partial charge < -0.3 is 14.0 Å². The summed E-state index contributed by atoms with van der Waals surface area (Å²) >= 11 is -1.19. The molecule has 6 heteroatoms. The minimum absolute atomic E-state index is 0.353. The Morgan fingerprint density at radius 3 is 2.29 bits per heavy atom. The number of methoxy groups -OCH3 is 1. The van der Waals surface area contributed by atoms with E-state index in [0.29, 0.717) is 18.8 Å². The van der Waals surface area contributed by atoms with Crippen LogP contribution >= 0.6 is 0 Å². The number of carbonyl (C=O) groups excluding carboxylic acids is 1. The third-order valence-corrected chi connectivity index (χ3v) is 5.09. The first kappa shape index (κ1) is 16.3. The van der Waals surface area contributed by atoms with Crippen LogP contribution in [0.4, 0.5) is 0 Å². The molecule has 5 nitrogen and oxygen atoms in total. The van der Waals surface area contributed by atoms with Gasteiger partial charge in [0.15, 0.2) is 0 Å². The minimum atomic E-state index is -1.19. The summed E-state index contributed by atoms with van der Waals surface area (Å²) in [5, 5.41) is 0. The zero-order valence-corrected chi connectivity index (χ0v) is 13.6. The molecule has 21 heavy (non-hydrogen) atoms. The van der Waals surface area contributed by atoms with Gasteiger partial charge in [-0.05, 0) is 38.5 Å². The van der Waals surface area contributed by atoms with E-state index in [1.54, 1.807) is 12.1 Å². The average Bonchev–Trinajstić information content (AvgIpc) is 2.41. The van der Waals surface area contributed by atoms with E-state index < -0.39 is 16.9 Å². The summed E-state index contributed by atoms with van der Waals surface area (Å²) in [4.78, 5) is 11.5. The van der Waals surface area contributed by atoms with Gasteiger partial charge in [-0.25, -0.2) is 4.79 Å². The van der Waals surface area contributed by atoms with Gasteiger partial charge >= 0.3 is 5.97 Å². The van der Waals surface area contributed by atoms with Crippen molar-refractivity contribution >= 4 is 17.3 Å². The molecule has 1 atom stereocenters. The van der Waals surface area contributed by atoms with Crippen molar-refractivity contribution in [2.75, 3.05) is 20.3 Å². The topological polar surface area (TPSA) is 70.6 Å². The normalized spacial score (nSPS) is 18.7. The van der Waals surface area contributed by atoms with Crippen molar-refractivity contribution in [2.45, 2.75) is 31.1 Å². The van der Waals surface area contributed by atoms with Crippen molar-refractivity contribution in [2.24, 2.45) is 0 Å². The fraction of sp³-hybridized carbons (Fsp3) is 0.533. The number of carbonyl (C=O) groups is 1. The van der Waals surface area contributed by atoms with E-state index >= 15 is 0 Å². The molecule has 1 heterocycles. The quantitative estimate of drug-likeness (QED) is 0.677. The summed E-state index contributed by atoms with van der Waals surface area (Å²) in [6, 6.07) is 7.12. The van der Waals surface area contributed by atoms with Crippen molar-refractivity contribution in [1.82, 2.24) is 4.72 Å². The zero-order chi connectivity index (χ0) is 15.7. The molecule has 0 amide bonds. The highest BCUT2D eigenvalue weighted by Gasteiger charge is 2.46. The lowest BCUT2D eigenvalue weighted by molar-refractivity contribution is -0.0666. The van der Waals surface area contributed by atoms with Gasteiger partial charge in [0.1, 0.15) is 10.3 Å². The van der Waals surface area contributed by atoms with Gasteiger partial charge in [0.2, 0.25) is 0 Å². The molecule has 0 spiro atoms. The molecule has 1 aromatic rings. The Labute approximate surface area is 128 Å². The molecular formula is C15H21NO4S. The Morgan fingerprint density at radius 1 is 1.33 bits per heavy atom. The Bertz CT molecular complexity index is 505. The first-order valence-electron chi connectivity index (χ1n) is 6.75. The molecule has 1 fully saturated rings. The first-order valence-corrected chi connectivity index (χ1v) is 7.90. The number of hydrogen-bond acceptors (Lipinski definition) is 5. The number of hydrogen-bond donors (Lipinski definition) is 1. The van der Waals surface area contributed by atoms with Crippen molar-refractivity contribution in [3.8, 4) is 0 Å². The standard InChI is InChI=1S/C15H21NO4S/c1-14(2,3)21(18)16-15(9-20-10-15)12-7-5-11(6-8-12)13(17)19-4/h5-8,16H,9-10H2,1-4H3. The summed E-state index contributed by atoms with van der Waals surface area (Å²) in [7, 11) is 1.35. The van der Waals surface area contributed by atoms with Gasteiger partial charge in [-0.1, -0.05) is 12.1 Å². The molecule has 1 unspecified atom stereocenters. The predicted molar refractivity (Wildman–Crippen MR) is 81.3 cm³/mol. The summed E-state index contributed by atoms with van der Waals surface area (Å²) in [6.07, 6.45) is 0. The van der Waals surface area contributed by atoms with E-state index in [-0.39, 0.29) is 10.7 Å². The molecule has 1 aliphatic heterocycles. The molecule has 116 valence electrons. The maximum Gasteiger partial charge on any atom is 0.337 e. The lowest BCUT2D eigenvalue weighted by Gasteiger charge is -2.43. The van der Waals surface area contributed by atoms with Crippen molar-refractivity contribution in [1.29, 1.82) is 0 Å². The molecule has 1 saturated heterocycles. The van der Waals surface area contributed by atoms with Crippen LogP contribution in [-0.4, -0.2) is 35.6 Å². The maximum atomic E-state index is 12.3. The van der Waals surface area contributed by atoms with Crippen LogP contribution < -0.4 is 4.72 Å². The van der Waals surface area contributed by atoms with Crippen LogP contribution in [0.15, 0.2) is 24.3 Å². The molecule has 0 bridgehead atoms. The van der Waals surface area contributed by atoms with Crippen molar-refractivity contribution < 1.29 is 18.8 Å². The van der Waals surface area contributed by atoms with E-state index in [2.05, 4.69) is 9.46 Å². The third kappa shape index (κ3) is 3.40. The van der Waals surface area contributed by atoms with E-state index in [0.717, 1.165) is 5.56 Å². The zero-order valence-electron chi connectivity index (χ0n) is 12.8. The molecule has 0 aromatic heterocycles. The highest BCUT2D eigenvalue weighted by atomic mass is 32.2. The number of ether oxygens (including phenoxy) is 2. The Morgan fingerprint density at radius 2 is 1.90 bits per heavy atom. The van der Waals surface area contributed by atoms with E-state index in [1.807, 2.05) is 32.9 Å². The second-order valence-corrected chi connectivity index (χ2v) is 8.09. The largest absolute Gasteiger partial charge is 0.598 e. The summed E-state index contributed by atoms with van der Waals surface area (Å²) in [5.41, 5.74) is 1.000.